The van der Waals surface area contributed by atoms with Crippen molar-refractivity contribution in [1.29, 1.82) is 0 Å². The molecule has 0 aromatic heterocycles. The lowest BCUT2D eigenvalue weighted by molar-refractivity contribution is 0.0933. The van der Waals surface area contributed by atoms with Gasteiger partial charge in [-0.15, -0.1) is 0 Å². The molecule has 0 amide bonds. The van der Waals surface area contributed by atoms with Crippen LogP contribution in [0.25, 0.3) is 11.1 Å². The predicted octanol–water partition coefficient (Wildman–Crippen LogP) is 2.75. The number of hydrogen-bond donors (Lipinski definition) is 3. The van der Waals surface area contributed by atoms with Crippen molar-refractivity contribution in [2.24, 2.45) is 11.7 Å². The van der Waals surface area contributed by atoms with Gasteiger partial charge in [0.1, 0.15) is 18.1 Å². The summed E-state index contributed by atoms with van der Waals surface area (Å²) in [5, 5.41) is 7.02. The third-order valence-corrected chi connectivity index (χ3v) is 5.84. The fourth-order valence-corrected chi connectivity index (χ4v) is 4.15. The van der Waals surface area contributed by atoms with Gasteiger partial charge in [0.15, 0.2) is 5.78 Å². The molecule has 0 saturated carbocycles. The first-order chi connectivity index (χ1) is 14.7. The van der Waals surface area contributed by atoms with Gasteiger partial charge in [-0.2, -0.15) is 0 Å². The number of ketones is 1. The number of fused-ring (bicyclic) bond motifs is 1. The molecule has 2 aliphatic heterocycles. The first-order valence-corrected chi connectivity index (χ1v) is 10.9. The van der Waals surface area contributed by atoms with E-state index < -0.39 is 0 Å². The van der Waals surface area contributed by atoms with Crippen molar-refractivity contribution in [3.05, 3.63) is 47.5 Å². The third-order valence-electron chi connectivity index (χ3n) is 5.84. The first-order valence-electron chi connectivity index (χ1n) is 10.9. The van der Waals surface area contributed by atoms with E-state index in [0.29, 0.717) is 37.5 Å². The number of hydrogen-bond acceptors (Lipinski definition) is 6. The monoisotopic (exact) mass is 409 g/mol. The molecule has 4 rings (SSSR count). The van der Waals surface area contributed by atoms with Crippen LogP contribution in [-0.2, 0) is 6.54 Å². The molecule has 2 aromatic carbocycles. The van der Waals surface area contributed by atoms with Crippen LogP contribution in [0.1, 0.15) is 35.2 Å². The molecule has 0 atom stereocenters. The molecule has 0 unspecified atom stereocenters. The topological polar surface area (TPSA) is 85.6 Å². The van der Waals surface area contributed by atoms with E-state index >= 15 is 0 Å². The number of nitrogens with one attached hydrogen (secondary N) is 2. The van der Waals surface area contributed by atoms with Gasteiger partial charge in [-0.05, 0) is 73.8 Å². The normalized spacial score (nSPS) is 16.8. The Hall–Kier alpha value is -2.41. The summed E-state index contributed by atoms with van der Waals surface area (Å²) in [6.45, 7) is 5.39. The molecule has 1 saturated heterocycles. The molecule has 160 valence electrons. The van der Waals surface area contributed by atoms with Crippen LogP contribution in [0.15, 0.2) is 36.4 Å². The molecule has 2 aromatic rings. The lowest BCUT2D eigenvalue weighted by atomic mass is 9.96. The molecule has 0 radical (unpaired) electrons. The van der Waals surface area contributed by atoms with Gasteiger partial charge in [0.2, 0.25) is 0 Å². The average Bonchev–Trinajstić information content (AvgIpc) is 2.79. The summed E-state index contributed by atoms with van der Waals surface area (Å²) in [5.41, 5.74) is 9.49. The second-order valence-electron chi connectivity index (χ2n) is 8.02. The number of rotatable bonds is 8. The highest BCUT2D eigenvalue weighted by molar-refractivity contribution is 6.00. The SMILES string of the molecule is NCCOc1ccc(-c2ccc3c(c2)C(=O)CCO3)cc1CNCC1CCNCC1. The Kier molecular flexibility index (Phi) is 7.00. The maximum atomic E-state index is 12.3. The molecule has 4 N–H and O–H groups in total. The maximum absolute atomic E-state index is 12.3. The molecule has 1 fully saturated rings. The van der Waals surface area contributed by atoms with Gasteiger partial charge in [0.05, 0.1) is 12.2 Å². The van der Waals surface area contributed by atoms with Crippen LogP contribution in [0.3, 0.4) is 0 Å². The van der Waals surface area contributed by atoms with Gasteiger partial charge in [-0.1, -0.05) is 12.1 Å². The lowest BCUT2D eigenvalue weighted by Gasteiger charge is -2.23. The zero-order chi connectivity index (χ0) is 20.8. The second-order valence-corrected chi connectivity index (χ2v) is 8.02. The number of carbonyl (C=O) groups excluding carboxylic acids is 1. The van der Waals surface area contributed by atoms with Crippen LogP contribution in [0, 0.1) is 5.92 Å². The van der Waals surface area contributed by atoms with Crippen molar-refractivity contribution >= 4 is 5.78 Å². The van der Waals surface area contributed by atoms with Crippen LogP contribution >= 0.6 is 0 Å². The molecular weight excluding hydrogens is 378 g/mol. The summed E-state index contributed by atoms with van der Waals surface area (Å²) in [6, 6.07) is 12.0. The Morgan fingerprint density at radius 2 is 1.93 bits per heavy atom. The predicted molar refractivity (Wildman–Crippen MR) is 118 cm³/mol. The van der Waals surface area contributed by atoms with Crippen molar-refractivity contribution in [3.8, 4) is 22.6 Å². The average molecular weight is 410 g/mol. The number of benzene rings is 2. The molecule has 6 heteroatoms. The molecule has 2 aliphatic rings. The molecular formula is C24H31N3O3. The Morgan fingerprint density at radius 3 is 2.77 bits per heavy atom. The third kappa shape index (κ3) is 5.01. The van der Waals surface area contributed by atoms with Gasteiger partial charge in [0, 0.05) is 25.1 Å². The smallest absolute Gasteiger partial charge is 0.170 e. The van der Waals surface area contributed by atoms with E-state index in [9.17, 15) is 4.79 Å². The summed E-state index contributed by atoms with van der Waals surface area (Å²) in [5.74, 6) is 2.40. The highest BCUT2D eigenvalue weighted by Crippen LogP contribution is 2.32. The van der Waals surface area contributed by atoms with Crippen molar-refractivity contribution in [2.75, 3.05) is 39.4 Å². The second kappa shape index (κ2) is 10.1. The Labute approximate surface area is 178 Å². The number of carbonyl (C=O) groups is 1. The van der Waals surface area contributed by atoms with Crippen LogP contribution in [-0.4, -0.2) is 45.2 Å². The quantitative estimate of drug-likeness (QED) is 0.622. The number of nitrogens with two attached hydrogens (primary N) is 1. The largest absolute Gasteiger partial charge is 0.492 e. The van der Waals surface area contributed by atoms with Gasteiger partial charge >= 0.3 is 0 Å². The van der Waals surface area contributed by atoms with Crippen molar-refractivity contribution < 1.29 is 14.3 Å². The van der Waals surface area contributed by atoms with E-state index in [1.807, 2.05) is 30.3 Å². The van der Waals surface area contributed by atoms with Crippen molar-refractivity contribution in [2.45, 2.75) is 25.8 Å². The maximum Gasteiger partial charge on any atom is 0.170 e. The molecule has 0 aliphatic carbocycles. The molecule has 2 heterocycles. The zero-order valence-electron chi connectivity index (χ0n) is 17.4. The Bertz CT molecular complexity index is 878. The summed E-state index contributed by atoms with van der Waals surface area (Å²) in [7, 11) is 0. The standard InChI is InChI=1S/C24H31N3O3/c25-8-12-30-23-3-1-18(13-20(23)16-27-15-17-5-9-26-10-6-17)19-2-4-24-21(14-19)22(28)7-11-29-24/h1-4,13-14,17,26-27H,5-12,15-16,25H2. The van der Waals surface area contributed by atoms with Gasteiger partial charge in [0.25, 0.3) is 0 Å². The summed E-state index contributed by atoms with van der Waals surface area (Å²) < 4.78 is 11.5. The molecule has 30 heavy (non-hydrogen) atoms. The van der Waals surface area contributed by atoms with Crippen LogP contribution in [0.2, 0.25) is 0 Å². The molecule has 0 spiro atoms. The highest BCUT2D eigenvalue weighted by atomic mass is 16.5. The minimum Gasteiger partial charge on any atom is -0.492 e. The molecule has 6 nitrogen and oxygen atoms in total. The highest BCUT2D eigenvalue weighted by Gasteiger charge is 2.19. The van der Waals surface area contributed by atoms with E-state index in [2.05, 4.69) is 16.7 Å². The minimum atomic E-state index is 0.143. The summed E-state index contributed by atoms with van der Waals surface area (Å²) in [4.78, 5) is 12.3. The number of ether oxygens (including phenoxy) is 2. The lowest BCUT2D eigenvalue weighted by Crippen LogP contribution is -2.33. The number of Topliss-reactive ketones (excluding diaryl/α,β-unsaturated/α-hetero) is 1. The summed E-state index contributed by atoms with van der Waals surface area (Å²) in [6.07, 6.45) is 2.87. The van der Waals surface area contributed by atoms with Crippen LogP contribution in [0.4, 0.5) is 0 Å². The minimum absolute atomic E-state index is 0.143. The van der Waals surface area contributed by atoms with Crippen LogP contribution < -0.4 is 25.8 Å². The van der Waals surface area contributed by atoms with Gasteiger partial charge in [-0.25, -0.2) is 0 Å². The van der Waals surface area contributed by atoms with E-state index in [4.69, 9.17) is 15.2 Å². The number of piperidine rings is 1. The fourth-order valence-electron chi connectivity index (χ4n) is 4.15. The van der Waals surface area contributed by atoms with Crippen molar-refractivity contribution in [3.63, 3.8) is 0 Å². The van der Waals surface area contributed by atoms with E-state index in [0.717, 1.165) is 54.5 Å². The van der Waals surface area contributed by atoms with Gasteiger partial charge < -0.3 is 25.8 Å². The first kappa shape index (κ1) is 20.8. The van der Waals surface area contributed by atoms with Crippen LogP contribution in [0.5, 0.6) is 11.5 Å². The van der Waals surface area contributed by atoms with Gasteiger partial charge in [-0.3, -0.25) is 4.79 Å². The van der Waals surface area contributed by atoms with Crippen molar-refractivity contribution in [1.82, 2.24) is 10.6 Å². The summed E-state index contributed by atoms with van der Waals surface area (Å²) >= 11 is 0. The molecule has 0 bridgehead atoms. The Morgan fingerprint density at radius 1 is 1.13 bits per heavy atom. The fraction of sp³-hybridized carbons (Fsp3) is 0.458. The van der Waals surface area contributed by atoms with E-state index in [1.54, 1.807) is 0 Å². The zero-order valence-corrected chi connectivity index (χ0v) is 17.4. The van der Waals surface area contributed by atoms with E-state index in [-0.39, 0.29) is 5.78 Å². The van der Waals surface area contributed by atoms with E-state index in [1.165, 1.54) is 12.8 Å². The Balaban J connectivity index is 1.53.